The minimum Gasteiger partial charge on any atom is -0.508 e. The molecule has 3 aromatic rings. The van der Waals surface area contributed by atoms with Gasteiger partial charge in [0.1, 0.15) is 23.0 Å². The van der Waals surface area contributed by atoms with E-state index in [2.05, 4.69) is 6.08 Å². The molecule has 2 aromatic carbocycles. The first-order valence-electron chi connectivity index (χ1n) is 9.90. The Balaban J connectivity index is 1.84. The van der Waals surface area contributed by atoms with Crippen LogP contribution in [-0.2, 0) is 11.2 Å². The van der Waals surface area contributed by atoms with E-state index in [9.17, 15) is 15.0 Å². The van der Waals surface area contributed by atoms with Crippen LogP contribution in [0.1, 0.15) is 59.3 Å². The number of aryl methyl sites for hydroxylation is 1. The third-order valence-electron chi connectivity index (χ3n) is 5.50. The summed E-state index contributed by atoms with van der Waals surface area (Å²) in [5, 5.41) is 19.9. The van der Waals surface area contributed by atoms with Crippen molar-refractivity contribution < 1.29 is 19.4 Å². The van der Waals surface area contributed by atoms with Crippen LogP contribution in [0.2, 0.25) is 0 Å². The fraction of sp³-hybridized carbons (Fsp3) is 0.240. The molecule has 1 heterocycles. The van der Waals surface area contributed by atoms with Gasteiger partial charge in [-0.15, -0.1) is 0 Å². The van der Waals surface area contributed by atoms with E-state index in [4.69, 9.17) is 4.42 Å². The Morgan fingerprint density at radius 3 is 2.52 bits per heavy atom. The standard InChI is InChI=1S/C25H24O4/c1-3-4-18(27)13-24-20(9-10-29-24)25-22(16-5-7-17(26)8-6-16)14-21-15(2)11-19(28)12-23(21)25/h5-12,14,25-26,28H,3-4,13H2,1-2H3. The number of fused-ring (bicyclic) bond motifs is 1. The molecule has 148 valence electrons. The molecular weight excluding hydrogens is 364 g/mol. The molecule has 1 aromatic heterocycles. The van der Waals surface area contributed by atoms with Crippen LogP contribution in [0.15, 0.2) is 53.1 Å². The van der Waals surface area contributed by atoms with Crippen molar-refractivity contribution in [2.24, 2.45) is 0 Å². The third kappa shape index (κ3) is 3.58. The van der Waals surface area contributed by atoms with Gasteiger partial charge >= 0.3 is 0 Å². The van der Waals surface area contributed by atoms with Crippen molar-refractivity contribution in [1.29, 1.82) is 0 Å². The molecule has 0 amide bonds. The predicted molar refractivity (Wildman–Crippen MR) is 113 cm³/mol. The highest BCUT2D eigenvalue weighted by atomic mass is 16.3. The van der Waals surface area contributed by atoms with Gasteiger partial charge < -0.3 is 14.6 Å². The van der Waals surface area contributed by atoms with Crippen LogP contribution >= 0.6 is 0 Å². The molecule has 1 aliphatic carbocycles. The number of allylic oxidation sites excluding steroid dienone is 1. The lowest BCUT2D eigenvalue weighted by atomic mass is 9.84. The average molecular weight is 388 g/mol. The number of rotatable bonds is 6. The Labute approximate surface area is 170 Å². The lowest BCUT2D eigenvalue weighted by Gasteiger charge is -2.18. The fourth-order valence-corrected chi connectivity index (χ4v) is 4.18. The zero-order valence-electron chi connectivity index (χ0n) is 16.6. The van der Waals surface area contributed by atoms with Gasteiger partial charge in [0.25, 0.3) is 0 Å². The maximum Gasteiger partial charge on any atom is 0.140 e. The lowest BCUT2D eigenvalue weighted by molar-refractivity contribution is -0.118. The highest BCUT2D eigenvalue weighted by Crippen LogP contribution is 2.49. The van der Waals surface area contributed by atoms with E-state index in [1.165, 1.54) is 0 Å². The number of phenolic OH excluding ortho intramolecular Hbond substituents is 2. The molecule has 0 fully saturated rings. The molecule has 1 atom stereocenters. The number of furan rings is 1. The first-order valence-corrected chi connectivity index (χ1v) is 9.90. The molecule has 0 aliphatic heterocycles. The number of benzene rings is 2. The number of hydrogen-bond acceptors (Lipinski definition) is 4. The van der Waals surface area contributed by atoms with Crippen molar-refractivity contribution in [1.82, 2.24) is 0 Å². The number of Topliss-reactive ketones (excluding diaryl/α,β-unsaturated/α-hetero) is 1. The summed E-state index contributed by atoms with van der Waals surface area (Å²) in [7, 11) is 0. The Kier molecular flexibility index (Phi) is 5.01. The van der Waals surface area contributed by atoms with Crippen LogP contribution in [0.25, 0.3) is 11.6 Å². The predicted octanol–water partition coefficient (Wildman–Crippen LogP) is 5.60. The van der Waals surface area contributed by atoms with Gasteiger partial charge in [-0.25, -0.2) is 0 Å². The number of phenols is 2. The van der Waals surface area contributed by atoms with Crippen LogP contribution in [0, 0.1) is 6.92 Å². The molecule has 29 heavy (non-hydrogen) atoms. The molecule has 1 aliphatic rings. The molecule has 0 radical (unpaired) electrons. The number of aromatic hydroxyl groups is 2. The van der Waals surface area contributed by atoms with Gasteiger partial charge in [-0.2, -0.15) is 0 Å². The van der Waals surface area contributed by atoms with Crippen molar-refractivity contribution in [3.05, 3.63) is 82.3 Å². The van der Waals surface area contributed by atoms with E-state index in [0.29, 0.717) is 12.2 Å². The molecule has 2 N–H and O–H groups in total. The quantitative estimate of drug-likeness (QED) is 0.577. The largest absolute Gasteiger partial charge is 0.508 e. The molecule has 4 heteroatoms. The second kappa shape index (κ2) is 7.63. The van der Waals surface area contributed by atoms with Gasteiger partial charge in [0.05, 0.1) is 12.7 Å². The van der Waals surface area contributed by atoms with Gasteiger partial charge in [-0.05, 0) is 77.6 Å². The number of carbonyl (C=O) groups is 1. The van der Waals surface area contributed by atoms with E-state index >= 15 is 0 Å². The summed E-state index contributed by atoms with van der Waals surface area (Å²) in [5.74, 6) is 1.11. The number of ketones is 1. The van der Waals surface area contributed by atoms with Crippen molar-refractivity contribution >= 4 is 17.4 Å². The Hall–Kier alpha value is -3.27. The van der Waals surface area contributed by atoms with Crippen molar-refractivity contribution in [3.8, 4) is 11.5 Å². The van der Waals surface area contributed by atoms with E-state index in [-0.39, 0.29) is 29.6 Å². The minimum absolute atomic E-state index is 0.150. The highest BCUT2D eigenvalue weighted by Gasteiger charge is 2.32. The lowest BCUT2D eigenvalue weighted by Crippen LogP contribution is -2.07. The van der Waals surface area contributed by atoms with Gasteiger partial charge in [-0.3, -0.25) is 4.79 Å². The summed E-state index contributed by atoms with van der Waals surface area (Å²) in [6.07, 6.45) is 5.37. The Morgan fingerprint density at radius 1 is 1.03 bits per heavy atom. The summed E-state index contributed by atoms with van der Waals surface area (Å²) in [6.45, 7) is 3.97. The second-order valence-electron chi connectivity index (χ2n) is 7.61. The molecular formula is C25H24O4. The molecule has 4 nitrogen and oxygen atoms in total. The first-order chi connectivity index (χ1) is 14.0. The number of carbonyl (C=O) groups excluding carboxylic acids is 1. The van der Waals surface area contributed by atoms with E-state index in [0.717, 1.165) is 39.8 Å². The monoisotopic (exact) mass is 388 g/mol. The SMILES string of the molecule is CCCC(=O)Cc1occc1C1C(c2ccc(O)cc2)=Cc2c(C)cc(O)cc21. The van der Waals surface area contributed by atoms with E-state index < -0.39 is 0 Å². The maximum absolute atomic E-state index is 12.3. The average Bonchev–Trinajstić information content (AvgIpc) is 3.26. The summed E-state index contributed by atoms with van der Waals surface area (Å²) < 4.78 is 5.72. The second-order valence-corrected chi connectivity index (χ2v) is 7.61. The first kappa shape index (κ1) is 19.1. The maximum atomic E-state index is 12.3. The number of hydrogen-bond donors (Lipinski definition) is 2. The van der Waals surface area contributed by atoms with Crippen LogP contribution in [0.5, 0.6) is 11.5 Å². The van der Waals surface area contributed by atoms with Crippen molar-refractivity contribution in [2.45, 2.75) is 39.0 Å². The van der Waals surface area contributed by atoms with Gasteiger partial charge in [0.2, 0.25) is 0 Å². The topological polar surface area (TPSA) is 70.7 Å². The van der Waals surface area contributed by atoms with Crippen LogP contribution in [0.3, 0.4) is 0 Å². The van der Waals surface area contributed by atoms with Crippen LogP contribution in [0.4, 0.5) is 0 Å². The highest BCUT2D eigenvalue weighted by molar-refractivity contribution is 5.95. The van der Waals surface area contributed by atoms with Crippen molar-refractivity contribution in [2.75, 3.05) is 0 Å². The summed E-state index contributed by atoms with van der Waals surface area (Å²) in [6, 6.07) is 12.6. The Bertz CT molecular complexity index is 1090. The summed E-state index contributed by atoms with van der Waals surface area (Å²) in [5.41, 5.74) is 6.04. The van der Waals surface area contributed by atoms with Crippen LogP contribution in [-0.4, -0.2) is 16.0 Å². The Morgan fingerprint density at radius 2 is 1.79 bits per heavy atom. The van der Waals surface area contributed by atoms with Gasteiger partial charge in [-0.1, -0.05) is 19.1 Å². The normalized spacial score (nSPS) is 15.2. The molecule has 1 unspecified atom stereocenters. The van der Waals surface area contributed by atoms with Crippen molar-refractivity contribution in [3.63, 3.8) is 0 Å². The third-order valence-corrected chi connectivity index (χ3v) is 5.50. The molecule has 0 spiro atoms. The zero-order valence-corrected chi connectivity index (χ0v) is 16.6. The van der Waals surface area contributed by atoms with Gasteiger partial charge in [0.15, 0.2) is 0 Å². The molecule has 0 bridgehead atoms. The molecule has 0 saturated carbocycles. The fourth-order valence-electron chi connectivity index (χ4n) is 4.18. The smallest absolute Gasteiger partial charge is 0.140 e. The van der Waals surface area contributed by atoms with Crippen LogP contribution < -0.4 is 0 Å². The van der Waals surface area contributed by atoms with Gasteiger partial charge in [0, 0.05) is 17.9 Å². The summed E-state index contributed by atoms with van der Waals surface area (Å²) >= 11 is 0. The summed E-state index contributed by atoms with van der Waals surface area (Å²) in [4.78, 5) is 12.3. The zero-order chi connectivity index (χ0) is 20.5. The molecule has 4 rings (SSSR count). The minimum atomic E-state index is -0.150. The van der Waals surface area contributed by atoms with E-state index in [1.807, 2.05) is 32.0 Å². The molecule has 0 saturated heterocycles. The van der Waals surface area contributed by atoms with E-state index in [1.54, 1.807) is 30.5 Å².